The summed E-state index contributed by atoms with van der Waals surface area (Å²) in [6.45, 7) is 5.51. The molecule has 1 aliphatic heterocycles. The molecule has 0 fully saturated rings. The Kier molecular flexibility index (Phi) is 4.92. The van der Waals surface area contributed by atoms with Crippen LogP contribution >= 0.6 is 0 Å². The van der Waals surface area contributed by atoms with E-state index in [1.165, 1.54) is 18.3 Å². The molecule has 0 unspecified atom stereocenters. The number of rotatable bonds is 2. The van der Waals surface area contributed by atoms with Crippen molar-refractivity contribution in [2.45, 2.75) is 51.0 Å². The molecule has 140 valence electrons. The Hall–Kier alpha value is -1.80. The van der Waals surface area contributed by atoms with Gasteiger partial charge in [-0.1, -0.05) is 4.40 Å². The second kappa shape index (κ2) is 6.74. The molecule has 0 N–H and O–H groups in total. The van der Waals surface area contributed by atoms with E-state index in [1.54, 1.807) is 6.33 Å². The molecule has 0 saturated heterocycles. The van der Waals surface area contributed by atoms with E-state index in [-0.39, 0.29) is 0 Å². The van der Waals surface area contributed by atoms with Gasteiger partial charge in [-0.05, 0) is 63.8 Å². The predicted octanol–water partition coefficient (Wildman–Crippen LogP) is 4.26. The van der Waals surface area contributed by atoms with Crippen LogP contribution in [-0.2, 0) is 30.4 Å². The van der Waals surface area contributed by atoms with Crippen molar-refractivity contribution in [3.8, 4) is 5.69 Å². The third-order valence-corrected chi connectivity index (χ3v) is 5.56. The van der Waals surface area contributed by atoms with Crippen molar-refractivity contribution in [2.75, 3.05) is 0 Å². The number of fused-ring (bicyclic) bond motifs is 3. The fourth-order valence-electron chi connectivity index (χ4n) is 2.85. The lowest BCUT2D eigenvalue weighted by molar-refractivity contribution is -0.137. The van der Waals surface area contributed by atoms with Gasteiger partial charge in [0.25, 0.3) is 0 Å². The molecule has 4 nitrogen and oxygen atoms in total. The van der Waals surface area contributed by atoms with Crippen molar-refractivity contribution in [3.63, 3.8) is 0 Å². The minimum Gasteiger partial charge on any atom is -0.591 e. The number of benzene rings is 1. The van der Waals surface area contributed by atoms with Gasteiger partial charge in [0.1, 0.15) is 34.3 Å². The first-order valence-corrected chi connectivity index (χ1v) is 9.41. The first kappa shape index (κ1) is 19.0. The Morgan fingerprint density at radius 2 is 1.96 bits per heavy atom. The van der Waals surface area contributed by atoms with E-state index >= 15 is 0 Å². The monoisotopic (exact) mass is 383 g/mol. The van der Waals surface area contributed by atoms with Crippen LogP contribution in [0.3, 0.4) is 0 Å². The topological polar surface area (TPSA) is 53.2 Å². The second-order valence-electron chi connectivity index (χ2n) is 7.24. The Balaban J connectivity index is 1.97. The maximum atomic E-state index is 13.0. The van der Waals surface area contributed by atoms with E-state index in [9.17, 15) is 17.7 Å². The lowest BCUT2D eigenvalue weighted by Crippen LogP contribution is -2.25. The molecular formula is C18H20F3N3OS. The smallest absolute Gasteiger partial charge is 0.416 e. The highest BCUT2D eigenvalue weighted by Gasteiger charge is 2.32. The maximum Gasteiger partial charge on any atom is 0.416 e. The van der Waals surface area contributed by atoms with Crippen LogP contribution in [0.1, 0.15) is 49.7 Å². The summed E-state index contributed by atoms with van der Waals surface area (Å²) in [5.74, 6) is 0. The van der Waals surface area contributed by atoms with E-state index in [1.807, 2.05) is 25.3 Å². The van der Waals surface area contributed by atoms with Gasteiger partial charge in [0.05, 0.1) is 16.9 Å². The van der Waals surface area contributed by atoms with E-state index in [0.29, 0.717) is 36.2 Å². The number of alkyl halides is 3. The normalized spacial score (nSPS) is 16.3. The lowest BCUT2D eigenvalue weighted by atomic mass is 10.0. The second-order valence-corrected chi connectivity index (χ2v) is 9.17. The number of aryl methyl sites for hydroxylation is 1. The van der Waals surface area contributed by atoms with Gasteiger partial charge in [-0.2, -0.15) is 13.2 Å². The first-order valence-electron chi connectivity index (χ1n) is 8.30. The molecule has 0 saturated carbocycles. The van der Waals surface area contributed by atoms with Gasteiger partial charge in [-0.3, -0.25) is 0 Å². The molecule has 3 rings (SSSR count). The molecule has 0 spiro atoms. The number of nitrogens with zero attached hydrogens (tertiary/aromatic N) is 3. The summed E-state index contributed by atoms with van der Waals surface area (Å²) in [7, 11) is 0. The van der Waals surface area contributed by atoms with E-state index in [0.717, 1.165) is 11.8 Å². The molecule has 1 aromatic heterocycles. The Morgan fingerprint density at radius 1 is 1.23 bits per heavy atom. The van der Waals surface area contributed by atoms with Gasteiger partial charge in [-0.25, -0.2) is 4.98 Å². The summed E-state index contributed by atoms with van der Waals surface area (Å²) in [5.41, 5.74) is 2.20. The Bertz CT molecular complexity index is 837. The number of aromatic nitrogens is 2. The minimum atomic E-state index is -4.35. The fraction of sp³-hybridized carbons (Fsp3) is 0.444. The van der Waals surface area contributed by atoms with Crippen molar-refractivity contribution in [2.24, 2.45) is 4.40 Å². The van der Waals surface area contributed by atoms with E-state index < -0.39 is 27.8 Å². The molecule has 0 amide bonds. The van der Waals surface area contributed by atoms with Gasteiger partial charge >= 0.3 is 6.18 Å². The van der Waals surface area contributed by atoms with Crippen LogP contribution in [0.15, 0.2) is 28.9 Å². The summed E-state index contributed by atoms with van der Waals surface area (Å²) in [6, 6.07) is 3.80. The van der Waals surface area contributed by atoms with Crippen LogP contribution in [-0.4, -0.2) is 25.1 Å². The van der Waals surface area contributed by atoms with Gasteiger partial charge in [-0.15, -0.1) is 0 Å². The van der Waals surface area contributed by atoms with Crippen LogP contribution in [0.25, 0.3) is 5.69 Å². The number of hydrogen-bond acceptors (Lipinski definition) is 3. The molecule has 0 radical (unpaired) electrons. The summed E-state index contributed by atoms with van der Waals surface area (Å²) in [6.07, 6.45) is 0.679. The Labute approximate surface area is 153 Å². The molecule has 2 heterocycles. The minimum absolute atomic E-state index is 0.465. The molecular weight excluding hydrogens is 363 g/mol. The lowest BCUT2D eigenvalue weighted by Gasteiger charge is -2.17. The molecule has 8 heteroatoms. The molecule has 1 aromatic carbocycles. The van der Waals surface area contributed by atoms with Crippen molar-refractivity contribution in [3.05, 3.63) is 47.0 Å². The zero-order valence-electron chi connectivity index (χ0n) is 14.8. The average Bonchev–Trinajstić information content (AvgIpc) is 2.84. The zero-order chi connectivity index (χ0) is 19.1. The molecule has 1 aliphatic rings. The van der Waals surface area contributed by atoms with E-state index in [4.69, 9.17) is 0 Å². The highest BCUT2D eigenvalue weighted by atomic mass is 32.2. The molecule has 26 heavy (non-hydrogen) atoms. The van der Waals surface area contributed by atoms with Crippen LogP contribution in [0, 0.1) is 0 Å². The summed E-state index contributed by atoms with van der Waals surface area (Å²) < 4.78 is 56.4. The third-order valence-electron chi connectivity index (χ3n) is 4.22. The van der Waals surface area contributed by atoms with Crippen LogP contribution in [0.5, 0.6) is 0 Å². The van der Waals surface area contributed by atoms with Crippen LogP contribution in [0.2, 0.25) is 0 Å². The third kappa shape index (κ3) is 3.81. The molecule has 2 aromatic rings. The van der Waals surface area contributed by atoms with Crippen molar-refractivity contribution >= 4 is 17.6 Å². The standard InChI is InChI=1S/C18H20F3N3OS/c1-17(2,3)26(25)23-10-14-16-6-4-5-12-9-13(18(19,20)21)7-8-15(12)24(16)11-22-14/h7-11H,4-6H2,1-3H3/b23-10+/t26-/m0/s1. The zero-order valence-corrected chi connectivity index (χ0v) is 15.6. The first-order chi connectivity index (χ1) is 12.1. The van der Waals surface area contributed by atoms with Crippen LogP contribution < -0.4 is 0 Å². The fourth-order valence-corrected chi connectivity index (χ4v) is 3.36. The van der Waals surface area contributed by atoms with Gasteiger partial charge in [0.15, 0.2) is 0 Å². The van der Waals surface area contributed by atoms with Crippen molar-refractivity contribution in [1.29, 1.82) is 0 Å². The molecule has 1 atom stereocenters. The van der Waals surface area contributed by atoms with Crippen molar-refractivity contribution < 1.29 is 17.7 Å². The number of halogens is 3. The maximum absolute atomic E-state index is 13.0. The molecule has 0 aliphatic carbocycles. The van der Waals surface area contributed by atoms with Crippen LogP contribution in [0.4, 0.5) is 13.2 Å². The quantitative estimate of drug-likeness (QED) is 0.575. The van der Waals surface area contributed by atoms with Gasteiger partial charge < -0.3 is 9.12 Å². The average molecular weight is 383 g/mol. The largest absolute Gasteiger partial charge is 0.591 e. The number of imidazole rings is 1. The summed E-state index contributed by atoms with van der Waals surface area (Å²) in [5, 5.41) is 0. The number of hydrogen-bond donors (Lipinski definition) is 0. The van der Waals surface area contributed by atoms with Gasteiger partial charge in [0, 0.05) is 0 Å². The summed E-state index contributed by atoms with van der Waals surface area (Å²) in [4.78, 5) is 4.32. The summed E-state index contributed by atoms with van der Waals surface area (Å²) >= 11 is -1.39. The van der Waals surface area contributed by atoms with E-state index in [2.05, 4.69) is 9.38 Å². The van der Waals surface area contributed by atoms with Crippen molar-refractivity contribution in [1.82, 2.24) is 9.55 Å². The predicted molar refractivity (Wildman–Crippen MR) is 96.1 cm³/mol. The highest BCUT2D eigenvalue weighted by Crippen LogP contribution is 2.33. The SMILES string of the molecule is CC(C)(C)[S@+]([O-])/N=C/c1ncn2c1CCCc1cc(C(F)(F)F)ccc1-2. The Morgan fingerprint density at radius 3 is 2.62 bits per heavy atom. The molecule has 0 bridgehead atoms. The highest BCUT2D eigenvalue weighted by molar-refractivity contribution is 7.91. The van der Waals surface area contributed by atoms with Gasteiger partial charge in [0.2, 0.25) is 0 Å².